The van der Waals surface area contributed by atoms with E-state index < -0.39 is 0 Å². The molecular weight excluding hydrogens is 286 g/mol. The summed E-state index contributed by atoms with van der Waals surface area (Å²) in [5.74, 6) is -0.119. The van der Waals surface area contributed by atoms with Gasteiger partial charge in [0.25, 0.3) is 5.91 Å². The second-order valence-electron chi connectivity index (χ2n) is 6.09. The van der Waals surface area contributed by atoms with Crippen molar-refractivity contribution in [3.63, 3.8) is 0 Å². The van der Waals surface area contributed by atoms with Gasteiger partial charge in [0, 0.05) is 24.2 Å². The number of benzene rings is 2. The Morgan fingerprint density at radius 1 is 0.826 bits per heavy atom. The molecule has 0 bridgehead atoms. The van der Waals surface area contributed by atoms with Gasteiger partial charge in [0.2, 0.25) is 0 Å². The van der Waals surface area contributed by atoms with Crippen molar-refractivity contribution >= 4 is 11.7 Å². The zero-order chi connectivity index (χ0) is 16.2. The maximum absolute atomic E-state index is 12.8. The Kier molecular flexibility index (Phi) is 4.56. The van der Waals surface area contributed by atoms with Gasteiger partial charge in [-0.25, -0.2) is 0 Å². The van der Waals surface area contributed by atoms with E-state index in [2.05, 4.69) is 0 Å². The number of hydrogen-bond donors (Lipinski definition) is 0. The summed E-state index contributed by atoms with van der Waals surface area (Å²) >= 11 is 0. The Morgan fingerprint density at radius 2 is 1.43 bits per heavy atom. The Morgan fingerprint density at radius 3 is 2.09 bits per heavy atom. The molecule has 0 radical (unpaired) electrons. The van der Waals surface area contributed by atoms with E-state index in [0.29, 0.717) is 16.7 Å². The number of likely N-dealkylation sites (tertiary alicyclic amines) is 1. The molecule has 0 aromatic heterocycles. The van der Waals surface area contributed by atoms with Crippen LogP contribution in [0.5, 0.6) is 0 Å². The molecule has 118 valence electrons. The third-order valence-corrected chi connectivity index (χ3v) is 4.36. The van der Waals surface area contributed by atoms with Gasteiger partial charge >= 0.3 is 0 Å². The van der Waals surface area contributed by atoms with Crippen molar-refractivity contribution in [3.8, 4) is 0 Å². The molecule has 0 spiro atoms. The second kappa shape index (κ2) is 6.78. The lowest BCUT2D eigenvalue weighted by atomic mass is 9.96. The number of carbonyl (C=O) groups excluding carboxylic acids is 2. The van der Waals surface area contributed by atoms with Crippen LogP contribution in [0.1, 0.15) is 51.1 Å². The molecule has 2 aromatic rings. The van der Waals surface area contributed by atoms with Crippen LogP contribution in [0.15, 0.2) is 48.5 Å². The molecule has 3 heteroatoms. The lowest BCUT2D eigenvalue weighted by molar-refractivity contribution is 0.0720. The first-order chi connectivity index (χ1) is 11.2. The maximum atomic E-state index is 12.8. The van der Waals surface area contributed by atoms with Gasteiger partial charge in [0.05, 0.1) is 5.56 Å². The van der Waals surface area contributed by atoms with Crippen molar-refractivity contribution in [3.05, 3.63) is 70.8 Å². The Labute approximate surface area is 136 Å². The summed E-state index contributed by atoms with van der Waals surface area (Å²) in [5.41, 5.74) is 2.74. The third-order valence-electron chi connectivity index (χ3n) is 4.36. The van der Waals surface area contributed by atoms with Gasteiger partial charge in [0.1, 0.15) is 0 Å². The van der Waals surface area contributed by atoms with Gasteiger partial charge in [0.15, 0.2) is 5.78 Å². The van der Waals surface area contributed by atoms with E-state index in [1.807, 2.05) is 48.2 Å². The fourth-order valence-electron chi connectivity index (χ4n) is 3.00. The Bertz CT molecular complexity index is 713. The van der Waals surface area contributed by atoms with Crippen LogP contribution < -0.4 is 0 Å². The number of carbonyl (C=O) groups is 2. The van der Waals surface area contributed by atoms with E-state index in [4.69, 9.17) is 0 Å². The van der Waals surface area contributed by atoms with E-state index in [1.165, 1.54) is 6.42 Å². The van der Waals surface area contributed by atoms with Crippen molar-refractivity contribution in [1.82, 2.24) is 4.90 Å². The molecule has 0 N–H and O–H groups in total. The molecule has 1 amide bonds. The van der Waals surface area contributed by atoms with Crippen LogP contribution in [0.2, 0.25) is 0 Å². The molecule has 0 unspecified atom stereocenters. The topological polar surface area (TPSA) is 37.4 Å². The van der Waals surface area contributed by atoms with E-state index in [1.54, 1.807) is 12.1 Å². The quantitative estimate of drug-likeness (QED) is 0.808. The number of nitrogens with zero attached hydrogens (tertiary/aromatic N) is 1. The Balaban J connectivity index is 1.92. The zero-order valence-electron chi connectivity index (χ0n) is 13.4. The van der Waals surface area contributed by atoms with Gasteiger partial charge < -0.3 is 4.90 Å². The molecule has 1 fully saturated rings. The molecule has 2 aromatic carbocycles. The van der Waals surface area contributed by atoms with Crippen molar-refractivity contribution in [2.45, 2.75) is 26.2 Å². The largest absolute Gasteiger partial charge is 0.339 e. The predicted molar refractivity (Wildman–Crippen MR) is 90.8 cm³/mol. The van der Waals surface area contributed by atoms with Crippen molar-refractivity contribution in [2.24, 2.45) is 0 Å². The molecule has 1 heterocycles. The average molecular weight is 307 g/mol. The number of piperidine rings is 1. The van der Waals surface area contributed by atoms with E-state index in [-0.39, 0.29) is 11.7 Å². The van der Waals surface area contributed by atoms with Gasteiger partial charge in [-0.3, -0.25) is 9.59 Å². The van der Waals surface area contributed by atoms with Crippen molar-refractivity contribution in [2.75, 3.05) is 13.1 Å². The van der Waals surface area contributed by atoms with Gasteiger partial charge in [-0.2, -0.15) is 0 Å². The first-order valence-corrected chi connectivity index (χ1v) is 8.16. The molecular formula is C20H21NO2. The lowest BCUT2D eigenvalue weighted by Crippen LogP contribution is -2.36. The highest BCUT2D eigenvalue weighted by Gasteiger charge is 2.23. The minimum absolute atomic E-state index is 0.0271. The molecule has 23 heavy (non-hydrogen) atoms. The van der Waals surface area contributed by atoms with Crippen molar-refractivity contribution in [1.29, 1.82) is 0 Å². The van der Waals surface area contributed by atoms with E-state index in [0.717, 1.165) is 31.5 Å². The molecule has 0 atom stereocenters. The Hall–Kier alpha value is -2.42. The van der Waals surface area contributed by atoms with Gasteiger partial charge in [-0.05, 0) is 32.3 Å². The second-order valence-corrected chi connectivity index (χ2v) is 6.09. The SMILES string of the molecule is Cc1ccc(C(=O)c2ccccc2C(=O)N2CCCCC2)cc1. The summed E-state index contributed by atoms with van der Waals surface area (Å²) in [6.45, 7) is 3.56. The molecule has 1 saturated heterocycles. The van der Waals surface area contributed by atoms with Gasteiger partial charge in [-0.1, -0.05) is 48.0 Å². The standard InChI is InChI=1S/C20H21NO2/c1-15-9-11-16(12-10-15)19(22)17-7-3-4-8-18(17)20(23)21-13-5-2-6-14-21/h3-4,7-12H,2,5-6,13-14H2,1H3. The molecule has 3 rings (SSSR count). The molecule has 1 aliphatic heterocycles. The minimum Gasteiger partial charge on any atom is -0.339 e. The highest BCUT2D eigenvalue weighted by molar-refractivity contribution is 6.15. The molecule has 0 aliphatic carbocycles. The summed E-state index contributed by atoms with van der Waals surface area (Å²) in [6.07, 6.45) is 3.26. The first kappa shape index (κ1) is 15.5. The highest BCUT2D eigenvalue weighted by atomic mass is 16.2. The summed E-state index contributed by atoms with van der Waals surface area (Å²) in [7, 11) is 0. The summed E-state index contributed by atoms with van der Waals surface area (Å²) in [4.78, 5) is 27.4. The van der Waals surface area contributed by atoms with Crippen LogP contribution in [-0.4, -0.2) is 29.7 Å². The highest BCUT2D eigenvalue weighted by Crippen LogP contribution is 2.19. The summed E-state index contributed by atoms with van der Waals surface area (Å²) in [6, 6.07) is 14.6. The monoisotopic (exact) mass is 307 g/mol. The summed E-state index contributed by atoms with van der Waals surface area (Å²) in [5, 5.41) is 0. The van der Waals surface area contributed by atoms with Gasteiger partial charge in [-0.15, -0.1) is 0 Å². The molecule has 0 saturated carbocycles. The first-order valence-electron chi connectivity index (χ1n) is 8.16. The van der Waals surface area contributed by atoms with E-state index in [9.17, 15) is 9.59 Å². The zero-order valence-corrected chi connectivity index (χ0v) is 13.4. The van der Waals surface area contributed by atoms with Crippen molar-refractivity contribution < 1.29 is 9.59 Å². The number of aryl methyl sites for hydroxylation is 1. The maximum Gasteiger partial charge on any atom is 0.254 e. The lowest BCUT2D eigenvalue weighted by Gasteiger charge is -2.27. The van der Waals surface area contributed by atoms with E-state index >= 15 is 0 Å². The number of rotatable bonds is 3. The fourth-order valence-corrected chi connectivity index (χ4v) is 3.00. The third kappa shape index (κ3) is 3.34. The van der Waals surface area contributed by atoms with Crippen LogP contribution in [-0.2, 0) is 0 Å². The van der Waals surface area contributed by atoms with Crippen LogP contribution in [0, 0.1) is 6.92 Å². The summed E-state index contributed by atoms with van der Waals surface area (Å²) < 4.78 is 0. The number of hydrogen-bond acceptors (Lipinski definition) is 2. The molecule has 3 nitrogen and oxygen atoms in total. The van der Waals surface area contributed by atoms with Crippen LogP contribution in [0.3, 0.4) is 0 Å². The fraction of sp³-hybridized carbons (Fsp3) is 0.300. The minimum atomic E-state index is -0.0917. The average Bonchev–Trinajstić information content (AvgIpc) is 2.62. The number of amides is 1. The smallest absolute Gasteiger partial charge is 0.254 e. The van der Waals surface area contributed by atoms with Crippen LogP contribution in [0.4, 0.5) is 0 Å². The molecule has 1 aliphatic rings. The predicted octanol–water partition coefficient (Wildman–Crippen LogP) is 3.85. The van der Waals surface area contributed by atoms with Crippen LogP contribution >= 0.6 is 0 Å². The van der Waals surface area contributed by atoms with Crippen LogP contribution in [0.25, 0.3) is 0 Å². The normalized spacial score (nSPS) is 14.6. The number of ketones is 1.